The smallest absolute Gasteiger partial charge is 0.229 e. The molecule has 176 valence electrons. The second-order valence-electron chi connectivity index (χ2n) is 7.30. The number of hydrogen-bond acceptors (Lipinski definition) is 12. The zero-order valence-electron chi connectivity index (χ0n) is 16.7. The summed E-state index contributed by atoms with van der Waals surface area (Å²) in [5.41, 5.74) is 0. The van der Waals surface area contributed by atoms with Crippen LogP contribution in [0.4, 0.5) is 0 Å². The van der Waals surface area contributed by atoms with Crippen LogP contribution in [0, 0.1) is 0 Å². The minimum absolute atomic E-state index is 0.307. The molecular weight excluding hydrogens is 420 g/mol. The lowest BCUT2D eigenvalue weighted by Crippen LogP contribution is -2.65. The molecule has 0 amide bonds. The summed E-state index contributed by atoms with van der Waals surface area (Å²) in [6.45, 7) is -1.31. The van der Waals surface area contributed by atoms with Crippen LogP contribution in [-0.4, -0.2) is 117 Å². The third-order valence-electron chi connectivity index (χ3n) is 5.27. The Morgan fingerprint density at radius 2 is 1.26 bits per heavy atom. The molecule has 0 spiro atoms. The standard InChI is InChI=1S/C19H28O12/c1-27-8-2-4-9(5-3-8)28-18-16(26)14(24)17(11(7-21)30-18)31-19-15(25)13(23)12(22)10(6-20)29-19/h2-5,10-26H,6-7H2,1H3/t10-,11-,12+,13+,14-,15-,16-,17+,18-,19-/m1/s1. The van der Waals surface area contributed by atoms with Gasteiger partial charge < -0.3 is 59.4 Å². The molecule has 2 heterocycles. The molecule has 1 aromatic carbocycles. The highest BCUT2D eigenvalue weighted by Crippen LogP contribution is 2.30. The third kappa shape index (κ3) is 5.09. The van der Waals surface area contributed by atoms with Crippen LogP contribution in [0.2, 0.25) is 0 Å². The average Bonchev–Trinajstić information content (AvgIpc) is 2.79. The van der Waals surface area contributed by atoms with Crippen molar-refractivity contribution in [3.05, 3.63) is 24.3 Å². The summed E-state index contributed by atoms with van der Waals surface area (Å²) < 4.78 is 26.9. The molecule has 2 aliphatic heterocycles. The molecular formula is C19H28O12. The van der Waals surface area contributed by atoms with Crippen molar-refractivity contribution in [2.75, 3.05) is 20.3 Å². The summed E-state index contributed by atoms with van der Waals surface area (Å²) in [6, 6.07) is 6.36. The van der Waals surface area contributed by atoms with Crippen molar-refractivity contribution in [1.29, 1.82) is 0 Å². The van der Waals surface area contributed by atoms with Crippen LogP contribution >= 0.6 is 0 Å². The van der Waals surface area contributed by atoms with Crippen LogP contribution in [0.5, 0.6) is 11.5 Å². The van der Waals surface area contributed by atoms with Crippen LogP contribution in [0.1, 0.15) is 0 Å². The van der Waals surface area contributed by atoms with Crippen LogP contribution < -0.4 is 9.47 Å². The Labute approximate surface area is 177 Å². The largest absolute Gasteiger partial charge is 0.497 e. The second kappa shape index (κ2) is 10.4. The summed E-state index contributed by atoms with van der Waals surface area (Å²) >= 11 is 0. The highest BCUT2D eigenvalue weighted by atomic mass is 16.7. The van der Waals surface area contributed by atoms with Crippen molar-refractivity contribution in [2.24, 2.45) is 0 Å². The predicted octanol–water partition coefficient (Wildman–Crippen LogP) is -3.30. The molecule has 0 bridgehead atoms. The number of aliphatic hydroxyl groups is 7. The van der Waals surface area contributed by atoms with Gasteiger partial charge in [-0.3, -0.25) is 0 Å². The average molecular weight is 448 g/mol. The Hall–Kier alpha value is -1.58. The fraction of sp³-hybridized carbons (Fsp3) is 0.684. The number of rotatable bonds is 7. The monoisotopic (exact) mass is 448 g/mol. The summed E-state index contributed by atoms with van der Waals surface area (Å²) in [5.74, 6) is 0.890. The lowest BCUT2D eigenvalue weighted by molar-refractivity contribution is -0.352. The van der Waals surface area contributed by atoms with Gasteiger partial charge in [0.2, 0.25) is 6.29 Å². The van der Waals surface area contributed by atoms with Gasteiger partial charge in [-0.25, -0.2) is 0 Å². The topological polar surface area (TPSA) is 188 Å². The molecule has 7 N–H and O–H groups in total. The molecule has 31 heavy (non-hydrogen) atoms. The molecule has 3 rings (SSSR count). The first kappa shape index (κ1) is 24.1. The molecule has 1 aromatic rings. The van der Waals surface area contributed by atoms with Crippen molar-refractivity contribution in [2.45, 2.75) is 61.4 Å². The molecule has 12 nitrogen and oxygen atoms in total. The Kier molecular flexibility index (Phi) is 8.04. The molecule has 10 atom stereocenters. The molecule has 12 heteroatoms. The molecule has 0 saturated carbocycles. The van der Waals surface area contributed by atoms with Crippen LogP contribution in [0.25, 0.3) is 0 Å². The summed E-state index contributed by atoms with van der Waals surface area (Å²) in [5, 5.41) is 69.9. The van der Waals surface area contributed by atoms with E-state index in [0.29, 0.717) is 11.5 Å². The molecule has 2 aliphatic rings. The fourth-order valence-corrected chi connectivity index (χ4v) is 3.44. The van der Waals surface area contributed by atoms with E-state index in [9.17, 15) is 35.7 Å². The van der Waals surface area contributed by atoms with Gasteiger partial charge in [-0.1, -0.05) is 0 Å². The minimum Gasteiger partial charge on any atom is -0.497 e. The van der Waals surface area contributed by atoms with Gasteiger partial charge in [0, 0.05) is 0 Å². The third-order valence-corrected chi connectivity index (χ3v) is 5.27. The van der Waals surface area contributed by atoms with Crippen LogP contribution in [0.3, 0.4) is 0 Å². The van der Waals surface area contributed by atoms with E-state index >= 15 is 0 Å². The van der Waals surface area contributed by atoms with Gasteiger partial charge in [-0.15, -0.1) is 0 Å². The van der Waals surface area contributed by atoms with E-state index in [1.807, 2.05) is 0 Å². The first-order valence-corrected chi connectivity index (χ1v) is 9.69. The zero-order chi connectivity index (χ0) is 22.7. The van der Waals surface area contributed by atoms with Crippen LogP contribution in [0.15, 0.2) is 24.3 Å². The quantitative estimate of drug-likeness (QED) is 0.220. The number of ether oxygens (including phenoxy) is 5. The second-order valence-corrected chi connectivity index (χ2v) is 7.30. The maximum Gasteiger partial charge on any atom is 0.229 e. The first-order chi connectivity index (χ1) is 14.8. The molecule has 2 fully saturated rings. The Morgan fingerprint density at radius 3 is 1.84 bits per heavy atom. The molecule has 0 unspecified atom stereocenters. The summed E-state index contributed by atoms with van der Waals surface area (Å²) in [4.78, 5) is 0. The number of benzene rings is 1. The van der Waals surface area contributed by atoms with Gasteiger partial charge in [-0.2, -0.15) is 0 Å². The molecule has 0 aliphatic carbocycles. The van der Waals surface area contributed by atoms with Gasteiger partial charge in [-0.05, 0) is 24.3 Å². The summed E-state index contributed by atoms with van der Waals surface area (Å²) in [7, 11) is 1.50. The van der Waals surface area contributed by atoms with Crippen LogP contribution in [-0.2, 0) is 14.2 Å². The van der Waals surface area contributed by atoms with E-state index in [4.69, 9.17) is 23.7 Å². The van der Waals surface area contributed by atoms with E-state index in [1.54, 1.807) is 24.3 Å². The Balaban J connectivity index is 1.70. The van der Waals surface area contributed by atoms with Crippen molar-refractivity contribution in [3.8, 4) is 11.5 Å². The van der Waals surface area contributed by atoms with Gasteiger partial charge >= 0.3 is 0 Å². The maximum atomic E-state index is 10.6. The van der Waals surface area contributed by atoms with Gasteiger partial charge in [0.25, 0.3) is 0 Å². The number of hydrogen-bond donors (Lipinski definition) is 7. The Bertz CT molecular complexity index is 683. The first-order valence-electron chi connectivity index (χ1n) is 9.69. The molecule has 2 saturated heterocycles. The lowest BCUT2D eigenvalue weighted by atomic mass is 9.97. The maximum absolute atomic E-state index is 10.6. The highest BCUT2D eigenvalue weighted by Gasteiger charge is 2.51. The number of methoxy groups -OCH3 is 1. The van der Waals surface area contributed by atoms with Gasteiger partial charge in [0.15, 0.2) is 6.29 Å². The van der Waals surface area contributed by atoms with Crippen molar-refractivity contribution in [1.82, 2.24) is 0 Å². The van der Waals surface area contributed by atoms with Gasteiger partial charge in [0.1, 0.15) is 60.3 Å². The molecule has 0 radical (unpaired) electrons. The predicted molar refractivity (Wildman–Crippen MR) is 100 cm³/mol. The Morgan fingerprint density at radius 1 is 0.710 bits per heavy atom. The summed E-state index contributed by atoms with van der Waals surface area (Å²) in [6.07, 6.45) is -15.0. The van der Waals surface area contributed by atoms with Crippen molar-refractivity contribution >= 4 is 0 Å². The van der Waals surface area contributed by atoms with E-state index in [-0.39, 0.29) is 0 Å². The zero-order valence-corrected chi connectivity index (χ0v) is 16.7. The van der Waals surface area contributed by atoms with E-state index < -0.39 is 74.6 Å². The number of aliphatic hydroxyl groups excluding tert-OH is 7. The minimum atomic E-state index is -1.73. The van der Waals surface area contributed by atoms with E-state index in [1.165, 1.54) is 7.11 Å². The van der Waals surface area contributed by atoms with Crippen molar-refractivity contribution < 1.29 is 59.4 Å². The lowest BCUT2D eigenvalue weighted by Gasteiger charge is -2.45. The van der Waals surface area contributed by atoms with Crippen molar-refractivity contribution in [3.63, 3.8) is 0 Å². The van der Waals surface area contributed by atoms with Gasteiger partial charge in [0.05, 0.1) is 20.3 Å². The SMILES string of the molecule is COc1ccc(O[C@@H]2O[C@H](CO)[C@H](O[C@H]3O[C@H](CO)[C@H](O)[C@H](O)[C@H]3O)[C@H](O)[C@H]2O)cc1. The van der Waals surface area contributed by atoms with E-state index in [0.717, 1.165) is 0 Å². The molecule has 0 aromatic heterocycles. The normalized spacial score (nSPS) is 41.0. The highest BCUT2D eigenvalue weighted by molar-refractivity contribution is 5.31. The fourth-order valence-electron chi connectivity index (χ4n) is 3.44. The van der Waals surface area contributed by atoms with E-state index in [2.05, 4.69) is 0 Å².